The molecule has 0 aromatic carbocycles. The molecule has 116 valence electrons. The van der Waals surface area contributed by atoms with E-state index in [1.54, 1.807) is 25.4 Å². The van der Waals surface area contributed by atoms with Gasteiger partial charge in [0.2, 0.25) is 5.95 Å². The van der Waals surface area contributed by atoms with Crippen LogP contribution in [0.3, 0.4) is 0 Å². The van der Waals surface area contributed by atoms with Gasteiger partial charge in [-0.25, -0.2) is 14.8 Å². The Morgan fingerprint density at radius 2 is 1.91 bits per heavy atom. The first-order valence-corrected chi connectivity index (χ1v) is 7.12. The number of carbonyl (C=O) groups is 2. The summed E-state index contributed by atoms with van der Waals surface area (Å²) in [5, 5.41) is 2.24. The molecule has 0 aliphatic carbocycles. The molecule has 8 heteroatoms. The normalized spacial score (nSPS) is 21.6. The molecule has 22 heavy (non-hydrogen) atoms. The first-order chi connectivity index (χ1) is 10.5. The number of anilines is 1. The van der Waals surface area contributed by atoms with Gasteiger partial charge in [0.1, 0.15) is 5.70 Å². The summed E-state index contributed by atoms with van der Waals surface area (Å²) in [5.74, 6) is 0.238. The van der Waals surface area contributed by atoms with Crippen molar-refractivity contribution < 1.29 is 9.59 Å². The van der Waals surface area contributed by atoms with Crippen LogP contribution in [-0.2, 0) is 4.79 Å². The molecule has 0 bridgehead atoms. The number of rotatable bonds is 2. The second-order valence-electron chi connectivity index (χ2n) is 5.42. The molecule has 0 unspecified atom stereocenters. The third-order valence-electron chi connectivity index (χ3n) is 3.85. The van der Waals surface area contributed by atoms with E-state index >= 15 is 0 Å². The van der Waals surface area contributed by atoms with Crippen molar-refractivity contribution in [3.63, 3.8) is 0 Å². The van der Waals surface area contributed by atoms with Crippen LogP contribution in [0.4, 0.5) is 10.7 Å². The van der Waals surface area contributed by atoms with Crippen LogP contribution in [0.5, 0.6) is 0 Å². The van der Waals surface area contributed by atoms with Crippen LogP contribution in [-0.4, -0.2) is 72.0 Å². The van der Waals surface area contributed by atoms with Crippen LogP contribution in [0.25, 0.3) is 6.08 Å². The highest BCUT2D eigenvalue weighted by Gasteiger charge is 2.29. The van der Waals surface area contributed by atoms with Gasteiger partial charge in [-0.15, -0.1) is 0 Å². The van der Waals surface area contributed by atoms with Crippen LogP contribution in [0, 0.1) is 0 Å². The summed E-state index contributed by atoms with van der Waals surface area (Å²) >= 11 is 0. The van der Waals surface area contributed by atoms with E-state index in [2.05, 4.69) is 32.1 Å². The second kappa shape index (κ2) is 5.72. The number of aromatic nitrogens is 2. The minimum absolute atomic E-state index is 0.285. The van der Waals surface area contributed by atoms with Crippen molar-refractivity contribution in [2.75, 3.05) is 45.2 Å². The third kappa shape index (κ3) is 2.77. The predicted octanol–water partition coefficient (Wildman–Crippen LogP) is -0.249. The molecule has 1 aromatic rings. The van der Waals surface area contributed by atoms with Gasteiger partial charge in [0.15, 0.2) is 0 Å². The van der Waals surface area contributed by atoms with Crippen molar-refractivity contribution in [2.24, 2.45) is 0 Å². The van der Waals surface area contributed by atoms with E-state index in [1.165, 1.54) is 4.90 Å². The molecule has 3 heterocycles. The van der Waals surface area contributed by atoms with Gasteiger partial charge in [-0.05, 0) is 19.2 Å². The summed E-state index contributed by atoms with van der Waals surface area (Å²) in [6.07, 6.45) is 3.27. The molecule has 0 atom stereocenters. The summed E-state index contributed by atoms with van der Waals surface area (Å²) in [7, 11) is 3.64. The van der Waals surface area contributed by atoms with Gasteiger partial charge in [0, 0.05) is 39.4 Å². The Balaban J connectivity index is 1.83. The molecule has 3 rings (SSSR count). The number of urea groups is 1. The topological polar surface area (TPSA) is 81.7 Å². The van der Waals surface area contributed by atoms with E-state index in [9.17, 15) is 9.59 Å². The standard InChI is InChI=1S/C14H18N6O2/c1-18-5-7-20(8-6-18)13-15-4-3-10(16-13)9-11-12(21)17-14(22)19(11)2/h3-4,9H,5-8H2,1-2H3,(H,17,21,22)/b11-9+. The van der Waals surface area contributed by atoms with E-state index in [4.69, 9.17) is 0 Å². The van der Waals surface area contributed by atoms with E-state index in [-0.39, 0.29) is 5.70 Å². The second-order valence-corrected chi connectivity index (χ2v) is 5.42. The molecule has 2 saturated heterocycles. The van der Waals surface area contributed by atoms with Crippen molar-refractivity contribution in [2.45, 2.75) is 0 Å². The number of amides is 3. The van der Waals surface area contributed by atoms with Crippen molar-refractivity contribution in [3.8, 4) is 0 Å². The lowest BCUT2D eigenvalue weighted by Gasteiger charge is -2.32. The van der Waals surface area contributed by atoms with Gasteiger partial charge >= 0.3 is 6.03 Å². The fourth-order valence-electron chi connectivity index (χ4n) is 2.41. The highest BCUT2D eigenvalue weighted by molar-refractivity contribution is 6.13. The average Bonchev–Trinajstić information content (AvgIpc) is 2.75. The number of nitrogens with one attached hydrogen (secondary N) is 1. The molecule has 8 nitrogen and oxygen atoms in total. The molecule has 2 aliphatic heterocycles. The van der Waals surface area contributed by atoms with Crippen molar-refractivity contribution in [1.29, 1.82) is 0 Å². The molecule has 0 radical (unpaired) electrons. The maximum atomic E-state index is 11.7. The Hall–Kier alpha value is -2.48. The zero-order valence-corrected chi connectivity index (χ0v) is 12.6. The van der Waals surface area contributed by atoms with Gasteiger partial charge in [0.25, 0.3) is 5.91 Å². The van der Waals surface area contributed by atoms with E-state index < -0.39 is 11.9 Å². The number of piperazine rings is 1. The van der Waals surface area contributed by atoms with Gasteiger partial charge in [-0.1, -0.05) is 0 Å². The summed E-state index contributed by atoms with van der Waals surface area (Å²) in [5.41, 5.74) is 0.892. The Morgan fingerprint density at radius 3 is 2.55 bits per heavy atom. The zero-order chi connectivity index (χ0) is 15.7. The van der Waals surface area contributed by atoms with Crippen molar-refractivity contribution >= 4 is 24.0 Å². The zero-order valence-electron chi connectivity index (χ0n) is 12.6. The molecule has 0 saturated carbocycles. The first kappa shape index (κ1) is 14.5. The number of likely N-dealkylation sites (N-methyl/N-ethyl adjacent to an activating group) is 2. The van der Waals surface area contributed by atoms with Crippen LogP contribution in [0.1, 0.15) is 5.69 Å². The smallest absolute Gasteiger partial charge is 0.328 e. The lowest BCUT2D eigenvalue weighted by atomic mass is 10.3. The molecule has 2 fully saturated rings. The van der Waals surface area contributed by atoms with E-state index in [0.29, 0.717) is 11.6 Å². The lowest BCUT2D eigenvalue weighted by molar-refractivity contribution is -0.115. The number of hydrogen-bond acceptors (Lipinski definition) is 6. The number of nitrogens with zero attached hydrogens (tertiary/aromatic N) is 5. The fraction of sp³-hybridized carbons (Fsp3) is 0.429. The quantitative estimate of drug-likeness (QED) is 0.599. The Kier molecular flexibility index (Phi) is 3.76. The maximum absolute atomic E-state index is 11.7. The average molecular weight is 302 g/mol. The number of imide groups is 1. The molecule has 0 spiro atoms. The SMILES string of the molecule is CN1CCN(c2nccc(/C=C3\C(=O)NC(=O)N3C)n2)CC1. The minimum Gasteiger partial charge on any atom is -0.338 e. The third-order valence-corrected chi connectivity index (χ3v) is 3.85. The minimum atomic E-state index is -0.426. The predicted molar refractivity (Wildman–Crippen MR) is 81.0 cm³/mol. The molecule has 2 aliphatic rings. The van der Waals surface area contributed by atoms with Crippen LogP contribution in [0.15, 0.2) is 18.0 Å². The van der Waals surface area contributed by atoms with Gasteiger partial charge in [-0.2, -0.15) is 0 Å². The van der Waals surface area contributed by atoms with Crippen LogP contribution in [0.2, 0.25) is 0 Å². The summed E-state index contributed by atoms with van der Waals surface area (Å²) < 4.78 is 0. The monoisotopic (exact) mass is 302 g/mol. The van der Waals surface area contributed by atoms with Gasteiger partial charge in [0.05, 0.1) is 5.69 Å². The molecular weight excluding hydrogens is 284 g/mol. The van der Waals surface area contributed by atoms with Crippen molar-refractivity contribution in [3.05, 3.63) is 23.7 Å². The van der Waals surface area contributed by atoms with E-state index in [1.807, 2.05) is 0 Å². The molecular formula is C14H18N6O2. The first-order valence-electron chi connectivity index (χ1n) is 7.12. The van der Waals surface area contributed by atoms with Gasteiger partial charge in [-0.3, -0.25) is 15.0 Å². The summed E-state index contributed by atoms with van der Waals surface area (Å²) in [6.45, 7) is 3.67. The number of carbonyl (C=O) groups excluding carboxylic acids is 2. The highest BCUT2D eigenvalue weighted by Crippen LogP contribution is 2.16. The molecule has 1 N–H and O–H groups in total. The van der Waals surface area contributed by atoms with E-state index in [0.717, 1.165) is 26.2 Å². The maximum Gasteiger partial charge on any atom is 0.328 e. The molecule has 3 amide bonds. The summed E-state index contributed by atoms with van der Waals surface area (Å²) in [4.78, 5) is 37.6. The Morgan fingerprint density at radius 1 is 1.18 bits per heavy atom. The number of hydrogen-bond donors (Lipinski definition) is 1. The highest BCUT2D eigenvalue weighted by atomic mass is 16.2. The van der Waals surface area contributed by atoms with Crippen LogP contribution < -0.4 is 10.2 Å². The van der Waals surface area contributed by atoms with Gasteiger partial charge < -0.3 is 9.80 Å². The Labute approximate surface area is 128 Å². The lowest BCUT2D eigenvalue weighted by Crippen LogP contribution is -2.45. The fourth-order valence-corrected chi connectivity index (χ4v) is 2.41. The Bertz CT molecular complexity index is 636. The largest absolute Gasteiger partial charge is 0.338 e. The van der Waals surface area contributed by atoms with Crippen LogP contribution >= 0.6 is 0 Å². The summed E-state index contributed by atoms with van der Waals surface area (Å²) in [6, 6.07) is 1.29. The molecule has 1 aromatic heterocycles. The van der Waals surface area contributed by atoms with Crippen molar-refractivity contribution in [1.82, 2.24) is 25.1 Å².